The standard InChI is InChI=1S/C25H53BN2/c1-5-9-15-21-27(22-16-10-6-2)25(19-13-14-20-26)28(23-17-11-7-3)24-18-12-8-4/h25H,5-24H2,1-4H3. The van der Waals surface area contributed by atoms with E-state index in [9.17, 15) is 0 Å². The third-order valence-electron chi connectivity index (χ3n) is 5.95. The van der Waals surface area contributed by atoms with Crippen molar-refractivity contribution in [3.05, 3.63) is 0 Å². The lowest BCUT2D eigenvalue weighted by atomic mass is 9.98. The molecule has 0 saturated carbocycles. The van der Waals surface area contributed by atoms with Crippen molar-refractivity contribution in [2.24, 2.45) is 0 Å². The third kappa shape index (κ3) is 14.9. The van der Waals surface area contributed by atoms with Crippen LogP contribution < -0.4 is 0 Å². The molecular formula is C25H53BN2. The molecule has 28 heavy (non-hydrogen) atoms. The van der Waals surface area contributed by atoms with Gasteiger partial charge >= 0.3 is 0 Å². The van der Waals surface area contributed by atoms with Crippen molar-refractivity contribution < 1.29 is 0 Å². The molecule has 0 saturated heterocycles. The van der Waals surface area contributed by atoms with Crippen LogP contribution in [0.3, 0.4) is 0 Å². The minimum atomic E-state index is 0.633. The lowest BCUT2D eigenvalue weighted by Gasteiger charge is -2.40. The summed E-state index contributed by atoms with van der Waals surface area (Å²) in [5.74, 6) is 0. The van der Waals surface area contributed by atoms with Crippen molar-refractivity contribution >= 4 is 7.85 Å². The van der Waals surface area contributed by atoms with E-state index in [4.69, 9.17) is 7.85 Å². The van der Waals surface area contributed by atoms with Gasteiger partial charge in [0, 0.05) is 0 Å². The summed E-state index contributed by atoms with van der Waals surface area (Å²) in [6.45, 7) is 14.4. The fraction of sp³-hybridized carbons (Fsp3) is 1.00. The minimum absolute atomic E-state index is 0.633. The first-order valence-corrected chi connectivity index (χ1v) is 12.9. The summed E-state index contributed by atoms with van der Waals surface area (Å²) in [7, 11) is 5.83. The molecular weight excluding hydrogens is 339 g/mol. The van der Waals surface area contributed by atoms with Crippen LogP contribution in [0.4, 0.5) is 0 Å². The SMILES string of the molecule is [B]CCCCC(N(CCCCC)CCCCC)N(CCCCC)CCCCC. The zero-order chi connectivity index (χ0) is 20.9. The molecule has 3 heteroatoms. The molecule has 0 aromatic rings. The average molecular weight is 393 g/mol. The molecule has 0 amide bonds. The van der Waals surface area contributed by atoms with E-state index in [1.165, 1.54) is 122 Å². The normalized spacial score (nSPS) is 12.0. The van der Waals surface area contributed by atoms with Gasteiger partial charge in [0.25, 0.3) is 0 Å². The molecule has 0 aliphatic rings. The van der Waals surface area contributed by atoms with Crippen LogP contribution in [-0.4, -0.2) is 50.0 Å². The van der Waals surface area contributed by atoms with Gasteiger partial charge in [0.15, 0.2) is 0 Å². The second-order valence-electron chi connectivity index (χ2n) is 8.67. The molecule has 0 unspecified atom stereocenters. The molecule has 0 spiro atoms. The Morgan fingerprint density at radius 1 is 0.500 bits per heavy atom. The van der Waals surface area contributed by atoms with Crippen molar-refractivity contribution in [2.75, 3.05) is 26.2 Å². The van der Waals surface area contributed by atoms with Crippen LogP contribution in [0.2, 0.25) is 6.32 Å². The highest BCUT2D eigenvalue weighted by Gasteiger charge is 2.24. The molecule has 166 valence electrons. The molecule has 2 nitrogen and oxygen atoms in total. The van der Waals surface area contributed by atoms with E-state index in [-0.39, 0.29) is 0 Å². The Morgan fingerprint density at radius 2 is 0.857 bits per heavy atom. The smallest absolute Gasteiger partial charge is 0.0653 e. The lowest BCUT2D eigenvalue weighted by Crippen LogP contribution is -2.50. The van der Waals surface area contributed by atoms with Crippen LogP contribution >= 0.6 is 0 Å². The van der Waals surface area contributed by atoms with Crippen molar-refractivity contribution in [2.45, 2.75) is 136 Å². The summed E-state index contributed by atoms with van der Waals surface area (Å²) in [5.41, 5.74) is 0. The van der Waals surface area contributed by atoms with Crippen LogP contribution in [-0.2, 0) is 0 Å². The van der Waals surface area contributed by atoms with Gasteiger partial charge in [-0.3, -0.25) is 9.80 Å². The van der Waals surface area contributed by atoms with Crippen molar-refractivity contribution in [1.82, 2.24) is 9.80 Å². The Labute approximate surface area is 180 Å². The van der Waals surface area contributed by atoms with Crippen LogP contribution in [0, 0.1) is 0 Å². The lowest BCUT2D eigenvalue weighted by molar-refractivity contribution is 0.0286. The summed E-state index contributed by atoms with van der Waals surface area (Å²) in [6, 6.07) is 0. The van der Waals surface area contributed by atoms with Crippen LogP contribution in [0.1, 0.15) is 124 Å². The maximum atomic E-state index is 5.83. The van der Waals surface area contributed by atoms with E-state index >= 15 is 0 Å². The van der Waals surface area contributed by atoms with Gasteiger partial charge in [0.2, 0.25) is 0 Å². The van der Waals surface area contributed by atoms with Gasteiger partial charge in [0.05, 0.1) is 14.0 Å². The Hall–Kier alpha value is -0.0151. The van der Waals surface area contributed by atoms with Gasteiger partial charge in [-0.15, -0.1) is 0 Å². The molecule has 0 N–H and O–H groups in total. The van der Waals surface area contributed by atoms with Gasteiger partial charge in [-0.25, -0.2) is 0 Å². The van der Waals surface area contributed by atoms with Gasteiger partial charge in [-0.1, -0.05) is 98.2 Å². The molecule has 0 fully saturated rings. The molecule has 0 rings (SSSR count). The second kappa shape index (κ2) is 21.7. The van der Waals surface area contributed by atoms with Crippen LogP contribution in [0.15, 0.2) is 0 Å². The van der Waals surface area contributed by atoms with Gasteiger partial charge in [-0.05, 0) is 58.3 Å². The van der Waals surface area contributed by atoms with Crippen molar-refractivity contribution in [3.8, 4) is 0 Å². The molecule has 0 aliphatic heterocycles. The Bertz CT molecular complexity index is 254. The first-order chi connectivity index (χ1) is 13.7. The predicted molar refractivity (Wildman–Crippen MR) is 129 cm³/mol. The molecule has 0 aliphatic carbocycles. The van der Waals surface area contributed by atoms with E-state index in [0.717, 1.165) is 6.32 Å². The summed E-state index contributed by atoms with van der Waals surface area (Å²) < 4.78 is 0. The Kier molecular flexibility index (Phi) is 21.7. The highest BCUT2D eigenvalue weighted by molar-refractivity contribution is 6.08. The number of hydrogen-bond donors (Lipinski definition) is 0. The molecule has 0 aromatic carbocycles. The fourth-order valence-electron chi connectivity index (χ4n) is 4.15. The fourth-order valence-corrected chi connectivity index (χ4v) is 4.15. The van der Waals surface area contributed by atoms with Crippen LogP contribution in [0.5, 0.6) is 0 Å². The number of nitrogens with zero attached hydrogens (tertiary/aromatic N) is 2. The van der Waals surface area contributed by atoms with Crippen LogP contribution in [0.25, 0.3) is 0 Å². The molecule has 0 aromatic heterocycles. The molecule has 0 bridgehead atoms. The molecule has 2 radical (unpaired) electrons. The van der Waals surface area contributed by atoms with E-state index < -0.39 is 0 Å². The molecule has 0 atom stereocenters. The van der Waals surface area contributed by atoms with Gasteiger partial charge in [-0.2, -0.15) is 0 Å². The number of rotatable bonds is 22. The topological polar surface area (TPSA) is 6.48 Å². The van der Waals surface area contributed by atoms with E-state index in [1.807, 2.05) is 0 Å². The monoisotopic (exact) mass is 392 g/mol. The maximum absolute atomic E-state index is 5.83. The largest absolute Gasteiger partial charge is 0.288 e. The summed E-state index contributed by atoms with van der Waals surface area (Å²) in [5, 5.41) is 0. The van der Waals surface area contributed by atoms with E-state index in [1.54, 1.807) is 0 Å². The first-order valence-electron chi connectivity index (χ1n) is 12.9. The summed E-state index contributed by atoms with van der Waals surface area (Å²) >= 11 is 0. The third-order valence-corrected chi connectivity index (χ3v) is 5.95. The Balaban J connectivity index is 5.16. The molecule has 0 heterocycles. The number of hydrogen-bond acceptors (Lipinski definition) is 2. The quantitative estimate of drug-likeness (QED) is 0.107. The summed E-state index contributed by atoms with van der Waals surface area (Å²) in [4.78, 5) is 5.72. The van der Waals surface area contributed by atoms with E-state index in [2.05, 4.69) is 37.5 Å². The second-order valence-corrected chi connectivity index (χ2v) is 8.67. The van der Waals surface area contributed by atoms with Gasteiger partial charge < -0.3 is 0 Å². The zero-order valence-corrected chi connectivity index (χ0v) is 20.2. The predicted octanol–water partition coefficient (Wildman–Crippen LogP) is 7.43. The average Bonchev–Trinajstić information content (AvgIpc) is 2.70. The summed E-state index contributed by atoms with van der Waals surface area (Å²) in [6.07, 6.45) is 21.4. The highest BCUT2D eigenvalue weighted by atomic mass is 15.3. The Morgan fingerprint density at radius 3 is 1.14 bits per heavy atom. The van der Waals surface area contributed by atoms with E-state index in [0.29, 0.717) is 6.17 Å². The highest BCUT2D eigenvalue weighted by Crippen LogP contribution is 2.19. The van der Waals surface area contributed by atoms with Crippen molar-refractivity contribution in [3.63, 3.8) is 0 Å². The number of unbranched alkanes of at least 4 members (excludes halogenated alkanes) is 9. The first kappa shape index (κ1) is 28.0. The minimum Gasteiger partial charge on any atom is -0.288 e. The maximum Gasteiger partial charge on any atom is 0.0653 e. The zero-order valence-electron chi connectivity index (χ0n) is 20.2. The van der Waals surface area contributed by atoms with Gasteiger partial charge in [0.1, 0.15) is 0 Å². The van der Waals surface area contributed by atoms with Crippen molar-refractivity contribution in [1.29, 1.82) is 0 Å².